The molecule has 0 aliphatic heterocycles. The molecule has 5 nitrogen and oxygen atoms in total. The quantitative estimate of drug-likeness (QED) is 0.787. The molecule has 1 aromatic heterocycles. The van der Waals surface area contributed by atoms with Crippen LogP contribution in [0.15, 0.2) is 17.5 Å². The van der Waals surface area contributed by atoms with E-state index in [1.807, 2.05) is 29.5 Å². The van der Waals surface area contributed by atoms with Crippen molar-refractivity contribution < 1.29 is 13.2 Å². The number of nitrogens with zero attached hydrogens (tertiary/aromatic N) is 2. The summed E-state index contributed by atoms with van der Waals surface area (Å²) < 4.78 is 23.7. The lowest BCUT2D eigenvalue weighted by Gasteiger charge is -2.29. The van der Waals surface area contributed by atoms with E-state index in [0.29, 0.717) is 13.0 Å². The molecule has 1 aliphatic rings. The highest BCUT2D eigenvalue weighted by atomic mass is 32.2. The van der Waals surface area contributed by atoms with Gasteiger partial charge in [0.25, 0.3) is 0 Å². The third kappa shape index (κ3) is 4.30. The van der Waals surface area contributed by atoms with Crippen molar-refractivity contribution in [2.75, 3.05) is 26.9 Å². The summed E-state index contributed by atoms with van der Waals surface area (Å²) in [6.07, 6.45) is 3.75. The molecular formula is C15H24N2O3S2. The Balaban J connectivity index is 1.93. The van der Waals surface area contributed by atoms with E-state index in [2.05, 4.69) is 0 Å². The first-order chi connectivity index (χ1) is 10.3. The van der Waals surface area contributed by atoms with Crippen LogP contribution in [0.4, 0.5) is 0 Å². The summed E-state index contributed by atoms with van der Waals surface area (Å²) in [6.45, 7) is 0.864. The lowest BCUT2D eigenvalue weighted by molar-refractivity contribution is -0.131. The average molecular weight is 345 g/mol. The van der Waals surface area contributed by atoms with Gasteiger partial charge in [0.05, 0.1) is 18.3 Å². The molecule has 1 fully saturated rings. The Labute approximate surface area is 136 Å². The van der Waals surface area contributed by atoms with Crippen molar-refractivity contribution in [2.24, 2.45) is 0 Å². The summed E-state index contributed by atoms with van der Waals surface area (Å²) in [7, 11) is 0.584. The van der Waals surface area contributed by atoms with Crippen molar-refractivity contribution >= 4 is 27.1 Å². The zero-order valence-corrected chi connectivity index (χ0v) is 15.0. The monoisotopic (exact) mass is 344 g/mol. The summed E-state index contributed by atoms with van der Waals surface area (Å²) in [5.41, 5.74) is 0. The third-order valence-electron chi connectivity index (χ3n) is 4.32. The van der Waals surface area contributed by atoms with Gasteiger partial charge in [0, 0.05) is 24.2 Å². The Bertz CT molecular complexity index is 598. The van der Waals surface area contributed by atoms with E-state index in [0.717, 1.165) is 17.7 Å². The van der Waals surface area contributed by atoms with E-state index in [1.165, 1.54) is 6.26 Å². The van der Waals surface area contributed by atoms with E-state index >= 15 is 0 Å². The maximum Gasteiger partial charge on any atom is 0.236 e. The number of likely N-dealkylation sites (N-methyl/N-ethyl adjacent to an activating group) is 2. The van der Waals surface area contributed by atoms with Crippen LogP contribution in [0, 0.1) is 0 Å². The molecule has 0 bridgehead atoms. The summed E-state index contributed by atoms with van der Waals surface area (Å²) >= 11 is 1.63. The van der Waals surface area contributed by atoms with Crippen LogP contribution in [0.3, 0.4) is 0 Å². The minimum Gasteiger partial charge on any atom is -0.340 e. The second kappa shape index (κ2) is 7.10. The molecule has 2 rings (SSSR count). The Hall–Kier alpha value is -0.920. The van der Waals surface area contributed by atoms with Crippen LogP contribution in [0.1, 0.15) is 24.1 Å². The number of hydrogen-bond acceptors (Lipinski definition) is 5. The fraction of sp³-hybridized carbons (Fsp3) is 0.667. The maximum atomic E-state index is 12.3. The molecule has 1 amide bonds. The highest BCUT2D eigenvalue weighted by molar-refractivity contribution is 7.91. The third-order valence-corrected chi connectivity index (χ3v) is 6.83. The van der Waals surface area contributed by atoms with Crippen molar-refractivity contribution in [2.45, 2.75) is 37.1 Å². The van der Waals surface area contributed by atoms with Crippen LogP contribution in [0.2, 0.25) is 0 Å². The summed E-state index contributed by atoms with van der Waals surface area (Å²) in [5.74, 6) is 0.0232. The largest absolute Gasteiger partial charge is 0.340 e. The van der Waals surface area contributed by atoms with Crippen LogP contribution >= 0.6 is 11.3 Å². The van der Waals surface area contributed by atoms with Crippen LogP contribution in [-0.2, 0) is 21.2 Å². The van der Waals surface area contributed by atoms with Gasteiger partial charge in [0.1, 0.15) is 0 Å². The Morgan fingerprint density at radius 3 is 2.68 bits per heavy atom. The maximum absolute atomic E-state index is 12.3. The normalized spacial score (nSPS) is 22.2. The second-order valence-corrected chi connectivity index (χ2v) is 9.41. The predicted molar refractivity (Wildman–Crippen MR) is 89.7 cm³/mol. The summed E-state index contributed by atoms with van der Waals surface area (Å²) in [5, 5.41) is 1.66. The number of amides is 1. The van der Waals surface area contributed by atoms with Gasteiger partial charge in [-0.1, -0.05) is 12.5 Å². The molecule has 1 aliphatic carbocycles. The van der Waals surface area contributed by atoms with Crippen LogP contribution in [-0.4, -0.2) is 62.3 Å². The lowest BCUT2D eigenvalue weighted by Crippen LogP contribution is -2.46. The van der Waals surface area contributed by atoms with E-state index in [9.17, 15) is 13.2 Å². The number of carbonyl (C=O) groups is 1. The molecule has 0 aromatic carbocycles. The molecule has 0 N–H and O–H groups in total. The second-order valence-electron chi connectivity index (χ2n) is 6.11. The zero-order chi connectivity index (χ0) is 16.3. The molecule has 0 spiro atoms. The van der Waals surface area contributed by atoms with Gasteiger partial charge in [-0.05, 0) is 31.3 Å². The predicted octanol–water partition coefficient (Wildman–Crippen LogP) is 1.60. The Kier molecular flexibility index (Phi) is 5.63. The van der Waals surface area contributed by atoms with Crippen molar-refractivity contribution in [3.8, 4) is 0 Å². The molecular weight excluding hydrogens is 320 g/mol. The lowest BCUT2D eigenvalue weighted by atomic mass is 10.2. The van der Waals surface area contributed by atoms with Gasteiger partial charge in [-0.15, -0.1) is 11.3 Å². The first-order valence-electron chi connectivity index (χ1n) is 7.44. The molecule has 0 radical (unpaired) electrons. The van der Waals surface area contributed by atoms with E-state index in [4.69, 9.17) is 0 Å². The molecule has 1 aromatic rings. The van der Waals surface area contributed by atoms with Gasteiger partial charge in [-0.3, -0.25) is 9.69 Å². The van der Waals surface area contributed by atoms with Gasteiger partial charge >= 0.3 is 0 Å². The number of sulfone groups is 1. The molecule has 22 heavy (non-hydrogen) atoms. The van der Waals surface area contributed by atoms with E-state index in [1.54, 1.807) is 23.3 Å². The highest BCUT2D eigenvalue weighted by Crippen LogP contribution is 2.28. The number of rotatable bonds is 6. The summed E-state index contributed by atoms with van der Waals surface area (Å²) in [4.78, 5) is 17.1. The van der Waals surface area contributed by atoms with Gasteiger partial charge in [0.15, 0.2) is 9.84 Å². The van der Waals surface area contributed by atoms with Crippen molar-refractivity contribution in [1.29, 1.82) is 0 Å². The first kappa shape index (κ1) is 17.4. The van der Waals surface area contributed by atoms with Crippen molar-refractivity contribution in [1.82, 2.24) is 9.80 Å². The Morgan fingerprint density at radius 1 is 1.36 bits per heavy atom. The molecule has 1 saturated carbocycles. The van der Waals surface area contributed by atoms with E-state index < -0.39 is 9.84 Å². The fourth-order valence-electron chi connectivity index (χ4n) is 3.09. The molecule has 0 unspecified atom stereocenters. The van der Waals surface area contributed by atoms with Crippen molar-refractivity contribution in [3.63, 3.8) is 0 Å². The Morgan fingerprint density at radius 2 is 2.09 bits per heavy atom. The minimum atomic E-state index is -3.06. The molecule has 1 heterocycles. The summed E-state index contributed by atoms with van der Waals surface area (Å²) in [6, 6.07) is 3.93. The number of thiophene rings is 1. The molecule has 2 atom stereocenters. The zero-order valence-electron chi connectivity index (χ0n) is 13.4. The SMILES string of the molecule is CN(Cc1cccs1)C(=O)CN(C)[C@@H]1CCC[C@@H]1S(C)(=O)=O. The van der Waals surface area contributed by atoms with Gasteiger partial charge in [0.2, 0.25) is 5.91 Å². The van der Waals surface area contributed by atoms with Crippen LogP contribution in [0.25, 0.3) is 0 Å². The highest BCUT2D eigenvalue weighted by Gasteiger charge is 2.37. The van der Waals surface area contributed by atoms with E-state index in [-0.39, 0.29) is 23.7 Å². The van der Waals surface area contributed by atoms with Crippen LogP contribution < -0.4 is 0 Å². The number of hydrogen-bond donors (Lipinski definition) is 0. The fourth-order valence-corrected chi connectivity index (χ4v) is 5.35. The van der Waals surface area contributed by atoms with Gasteiger partial charge < -0.3 is 4.90 Å². The van der Waals surface area contributed by atoms with Crippen molar-refractivity contribution in [3.05, 3.63) is 22.4 Å². The number of carbonyl (C=O) groups excluding carboxylic acids is 1. The molecule has 0 saturated heterocycles. The average Bonchev–Trinajstić information content (AvgIpc) is 3.08. The van der Waals surface area contributed by atoms with Crippen LogP contribution in [0.5, 0.6) is 0 Å². The topological polar surface area (TPSA) is 57.7 Å². The minimum absolute atomic E-state index is 0.0232. The van der Waals surface area contributed by atoms with Gasteiger partial charge in [-0.25, -0.2) is 8.42 Å². The molecule has 7 heteroatoms. The standard InChI is InChI=1S/C15H24N2O3S2/c1-16(13-7-4-8-14(13)22(3,19)20)11-15(18)17(2)10-12-6-5-9-21-12/h5-6,9,13-14H,4,7-8,10-11H2,1-3H3/t13-,14+/m1/s1. The molecule has 124 valence electrons. The first-order valence-corrected chi connectivity index (χ1v) is 10.3. The van der Waals surface area contributed by atoms with Gasteiger partial charge in [-0.2, -0.15) is 0 Å². The smallest absolute Gasteiger partial charge is 0.236 e.